The number of para-hydroxylation sites is 2. The van der Waals surface area contributed by atoms with Crippen molar-refractivity contribution in [3.8, 4) is 10.6 Å². The van der Waals surface area contributed by atoms with Crippen molar-refractivity contribution in [2.75, 3.05) is 11.5 Å². The van der Waals surface area contributed by atoms with E-state index in [0.29, 0.717) is 0 Å². The highest BCUT2D eigenvalue weighted by atomic mass is 32.2. The van der Waals surface area contributed by atoms with Crippen molar-refractivity contribution in [3.05, 3.63) is 89.9 Å². The molecule has 7 heteroatoms. The first-order valence-corrected chi connectivity index (χ1v) is 11.3. The third-order valence-corrected chi connectivity index (χ3v) is 6.76. The summed E-state index contributed by atoms with van der Waals surface area (Å²) in [6.07, 6.45) is 0. The van der Waals surface area contributed by atoms with Crippen LogP contribution in [0.25, 0.3) is 10.6 Å². The highest BCUT2D eigenvalue weighted by Crippen LogP contribution is 2.47. The zero-order valence-electron chi connectivity index (χ0n) is 16.2. The quantitative estimate of drug-likeness (QED) is 0.373. The lowest BCUT2D eigenvalue weighted by molar-refractivity contribution is -0.121. The van der Waals surface area contributed by atoms with Gasteiger partial charge in [-0.2, -0.15) is 0 Å². The molecule has 1 aromatic heterocycles. The third-order valence-electron chi connectivity index (χ3n) is 4.74. The van der Waals surface area contributed by atoms with Crippen molar-refractivity contribution in [2.24, 2.45) is 0 Å². The monoisotopic (exact) mass is 444 g/mol. The van der Waals surface area contributed by atoms with Gasteiger partial charge in [-0.05, 0) is 24.3 Å². The van der Waals surface area contributed by atoms with Gasteiger partial charge in [0.2, 0.25) is 0 Å². The predicted molar refractivity (Wildman–Crippen MR) is 122 cm³/mol. The Kier molecular flexibility index (Phi) is 5.28. The van der Waals surface area contributed by atoms with Crippen LogP contribution in [0.5, 0.6) is 0 Å². The van der Waals surface area contributed by atoms with Gasteiger partial charge in [0.05, 0.1) is 11.4 Å². The molecule has 0 saturated carbocycles. The summed E-state index contributed by atoms with van der Waals surface area (Å²) in [6.45, 7) is -0.371. The Morgan fingerprint density at radius 3 is 2.13 bits per heavy atom. The average molecular weight is 445 g/mol. The summed E-state index contributed by atoms with van der Waals surface area (Å²) < 4.78 is 5.33. The Morgan fingerprint density at radius 2 is 1.45 bits per heavy atom. The minimum Gasteiger partial charge on any atom is -0.451 e. The molecule has 0 saturated heterocycles. The van der Waals surface area contributed by atoms with Gasteiger partial charge in [0.25, 0.3) is 5.91 Å². The van der Waals surface area contributed by atoms with E-state index in [4.69, 9.17) is 4.74 Å². The number of carbonyl (C=O) groups excluding carboxylic acids is 2. The second kappa shape index (κ2) is 8.37. The molecule has 0 aliphatic carbocycles. The molecule has 0 atom stereocenters. The van der Waals surface area contributed by atoms with E-state index in [9.17, 15) is 9.59 Å². The van der Waals surface area contributed by atoms with Gasteiger partial charge < -0.3 is 4.74 Å². The molecule has 1 amide bonds. The predicted octanol–water partition coefficient (Wildman–Crippen LogP) is 5.80. The lowest BCUT2D eigenvalue weighted by Gasteiger charge is -2.30. The Balaban J connectivity index is 1.34. The minimum absolute atomic E-state index is 0.201. The number of ether oxygens (including phenoxy) is 1. The molecular weight excluding hydrogens is 428 g/mol. The second-order valence-electron chi connectivity index (χ2n) is 6.75. The van der Waals surface area contributed by atoms with Crippen molar-refractivity contribution in [1.29, 1.82) is 0 Å². The molecule has 0 N–H and O–H groups in total. The summed E-state index contributed by atoms with van der Waals surface area (Å²) >= 11 is 2.98. The van der Waals surface area contributed by atoms with Crippen molar-refractivity contribution in [3.63, 3.8) is 0 Å². The number of benzene rings is 3. The zero-order valence-corrected chi connectivity index (χ0v) is 17.9. The fraction of sp³-hybridized carbons (Fsp3) is 0.0417. The van der Waals surface area contributed by atoms with E-state index in [-0.39, 0.29) is 18.2 Å². The van der Waals surface area contributed by atoms with E-state index >= 15 is 0 Å². The van der Waals surface area contributed by atoms with Crippen LogP contribution in [0.15, 0.2) is 94.0 Å². The van der Waals surface area contributed by atoms with Crippen LogP contribution < -0.4 is 4.90 Å². The van der Waals surface area contributed by atoms with Gasteiger partial charge >= 0.3 is 5.97 Å². The maximum Gasteiger partial charge on any atom is 0.358 e. The van der Waals surface area contributed by atoms with Gasteiger partial charge in [0.15, 0.2) is 12.3 Å². The molecule has 0 spiro atoms. The smallest absolute Gasteiger partial charge is 0.358 e. The number of amides is 1. The molecule has 5 rings (SSSR count). The van der Waals surface area contributed by atoms with Gasteiger partial charge in [-0.25, -0.2) is 9.78 Å². The van der Waals surface area contributed by atoms with Crippen LogP contribution in [0, 0.1) is 0 Å². The van der Waals surface area contributed by atoms with Crippen LogP contribution >= 0.6 is 23.1 Å². The van der Waals surface area contributed by atoms with Crippen molar-refractivity contribution in [2.45, 2.75) is 9.79 Å². The zero-order chi connectivity index (χ0) is 21.2. The number of anilines is 2. The highest BCUT2D eigenvalue weighted by molar-refractivity contribution is 7.99. The molecule has 2 heterocycles. The van der Waals surface area contributed by atoms with Gasteiger partial charge in [0, 0.05) is 20.7 Å². The molecule has 0 radical (unpaired) electrons. The van der Waals surface area contributed by atoms with Crippen LogP contribution in [0.2, 0.25) is 0 Å². The van der Waals surface area contributed by atoms with Crippen LogP contribution in [-0.2, 0) is 9.53 Å². The maximum absolute atomic E-state index is 13.1. The van der Waals surface area contributed by atoms with Crippen LogP contribution in [-0.4, -0.2) is 23.5 Å². The highest BCUT2D eigenvalue weighted by Gasteiger charge is 2.28. The third kappa shape index (κ3) is 3.85. The summed E-state index contributed by atoms with van der Waals surface area (Å²) in [6, 6.07) is 25.0. The SMILES string of the molecule is O=C(OCC(=O)N1c2ccccc2Sc2ccccc21)c1csc(-c2ccccc2)n1. The normalized spacial score (nSPS) is 12.1. The Hall–Kier alpha value is -3.42. The number of hydrogen-bond donors (Lipinski definition) is 0. The van der Waals surface area contributed by atoms with E-state index in [2.05, 4.69) is 4.98 Å². The van der Waals surface area contributed by atoms with E-state index in [1.807, 2.05) is 78.9 Å². The van der Waals surface area contributed by atoms with Crippen molar-refractivity contribution >= 4 is 46.3 Å². The van der Waals surface area contributed by atoms with Crippen molar-refractivity contribution in [1.82, 2.24) is 4.98 Å². The lowest BCUT2D eigenvalue weighted by atomic mass is 10.2. The Labute approximate surface area is 187 Å². The minimum atomic E-state index is -0.611. The molecule has 1 aliphatic heterocycles. The van der Waals surface area contributed by atoms with Gasteiger partial charge in [-0.1, -0.05) is 66.4 Å². The van der Waals surface area contributed by atoms with Gasteiger partial charge in [-0.15, -0.1) is 11.3 Å². The number of hydrogen-bond acceptors (Lipinski definition) is 6. The van der Waals surface area contributed by atoms with Crippen molar-refractivity contribution < 1.29 is 14.3 Å². The Morgan fingerprint density at radius 1 is 0.839 bits per heavy atom. The van der Waals surface area contributed by atoms with E-state index in [1.54, 1.807) is 22.0 Å². The number of carbonyl (C=O) groups is 2. The molecular formula is C24H16N2O3S2. The van der Waals surface area contributed by atoms with Crippen LogP contribution in [0.3, 0.4) is 0 Å². The molecule has 0 fully saturated rings. The van der Waals surface area contributed by atoms with Gasteiger partial charge in [-0.3, -0.25) is 9.69 Å². The largest absolute Gasteiger partial charge is 0.451 e. The summed E-state index contributed by atoms with van der Waals surface area (Å²) in [5.74, 6) is -0.924. The summed E-state index contributed by atoms with van der Waals surface area (Å²) in [5, 5.41) is 2.38. The second-order valence-corrected chi connectivity index (χ2v) is 8.69. The van der Waals surface area contributed by atoms with E-state index in [0.717, 1.165) is 31.7 Å². The number of nitrogens with zero attached hydrogens (tertiary/aromatic N) is 2. The van der Waals surface area contributed by atoms with Crippen LogP contribution in [0.1, 0.15) is 10.5 Å². The maximum atomic E-state index is 13.1. The topological polar surface area (TPSA) is 59.5 Å². The lowest BCUT2D eigenvalue weighted by Crippen LogP contribution is -2.32. The molecule has 31 heavy (non-hydrogen) atoms. The standard InChI is InChI=1S/C24H16N2O3S2/c27-22(14-29-24(28)17-15-30-23(25-17)16-8-2-1-3-9-16)26-18-10-4-6-12-20(18)31-21-13-7-5-11-19(21)26/h1-13,15H,14H2. The molecule has 3 aromatic carbocycles. The fourth-order valence-electron chi connectivity index (χ4n) is 3.32. The van der Waals surface area contributed by atoms with E-state index < -0.39 is 5.97 Å². The average Bonchev–Trinajstić information content (AvgIpc) is 3.32. The summed E-state index contributed by atoms with van der Waals surface area (Å²) in [4.78, 5) is 33.6. The molecule has 0 bridgehead atoms. The fourth-order valence-corrected chi connectivity index (χ4v) is 5.17. The molecule has 4 aromatic rings. The molecule has 5 nitrogen and oxygen atoms in total. The number of fused-ring (bicyclic) bond motifs is 2. The number of thiazole rings is 1. The molecule has 0 unspecified atom stereocenters. The summed E-state index contributed by atoms with van der Waals surface area (Å²) in [5.41, 5.74) is 2.70. The first kappa shape index (κ1) is 19.5. The summed E-state index contributed by atoms with van der Waals surface area (Å²) in [7, 11) is 0. The van der Waals surface area contributed by atoms with Crippen LogP contribution in [0.4, 0.5) is 11.4 Å². The first-order chi connectivity index (χ1) is 15.2. The van der Waals surface area contributed by atoms with Gasteiger partial charge in [0.1, 0.15) is 5.01 Å². The molecule has 152 valence electrons. The first-order valence-electron chi connectivity index (χ1n) is 9.57. The number of esters is 1. The van der Waals surface area contributed by atoms with E-state index in [1.165, 1.54) is 11.3 Å². The number of aromatic nitrogens is 1. The number of rotatable bonds is 4. The molecule has 1 aliphatic rings. The Bertz CT molecular complexity index is 1230.